The highest BCUT2D eigenvalue weighted by atomic mass is 16.4. The summed E-state index contributed by atoms with van der Waals surface area (Å²) < 4.78 is 0. The Balaban J connectivity index is 2.15. The van der Waals surface area contributed by atoms with Gasteiger partial charge in [0.15, 0.2) is 0 Å². The summed E-state index contributed by atoms with van der Waals surface area (Å²) in [4.78, 5) is 17.1. The lowest BCUT2D eigenvalue weighted by Crippen LogP contribution is -2.24. The van der Waals surface area contributed by atoms with Gasteiger partial charge in [0.1, 0.15) is 11.4 Å². The number of pyridine rings is 1. The molecule has 1 fully saturated rings. The van der Waals surface area contributed by atoms with Gasteiger partial charge in [0.05, 0.1) is 0 Å². The highest BCUT2D eigenvalue weighted by molar-refractivity contribution is 5.93. The molecule has 16 heavy (non-hydrogen) atoms. The molecule has 1 heterocycles. The maximum Gasteiger partial charge on any atom is 0.339 e. The van der Waals surface area contributed by atoms with E-state index in [9.17, 15) is 4.79 Å². The van der Waals surface area contributed by atoms with Crippen LogP contribution in [-0.2, 0) is 0 Å². The summed E-state index contributed by atoms with van der Waals surface area (Å²) in [6.45, 7) is 3.10. The standard InChI is InChI=1S/C12H16N2O2/c1-8-6-9(8)7-14(2)11-10(12(15)16)4-3-5-13-11/h3-5,8-9H,6-7H2,1-2H3,(H,15,16). The minimum absolute atomic E-state index is 0.276. The number of hydrogen-bond donors (Lipinski definition) is 1. The van der Waals surface area contributed by atoms with Crippen LogP contribution in [0.3, 0.4) is 0 Å². The molecule has 0 spiro atoms. The largest absolute Gasteiger partial charge is 0.478 e. The molecule has 0 amide bonds. The summed E-state index contributed by atoms with van der Waals surface area (Å²) in [6.07, 6.45) is 2.87. The monoisotopic (exact) mass is 220 g/mol. The van der Waals surface area contributed by atoms with E-state index in [1.54, 1.807) is 18.3 Å². The molecule has 1 aliphatic carbocycles. The molecule has 1 saturated carbocycles. The van der Waals surface area contributed by atoms with Crippen LogP contribution < -0.4 is 4.90 Å². The van der Waals surface area contributed by atoms with Crippen molar-refractivity contribution < 1.29 is 9.90 Å². The molecular formula is C12H16N2O2. The summed E-state index contributed by atoms with van der Waals surface area (Å²) in [7, 11) is 1.90. The Bertz CT molecular complexity index is 406. The van der Waals surface area contributed by atoms with Gasteiger partial charge in [0, 0.05) is 19.8 Å². The van der Waals surface area contributed by atoms with Gasteiger partial charge in [-0.2, -0.15) is 0 Å². The Morgan fingerprint density at radius 2 is 2.38 bits per heavy atom. The van der Waals surface area contributed by atoms with Crippen LogP contribution in [0.25, 0.3) is 0 Å². The minimum Gasteiger partial charge on any atom is -0.478 e. The number of nitrogens with zero attached hydrogens (tertiary/aromatic N) is 2. The average molecular weight is 220 g/mol. The fraction of sp³-hybridized carbons (Fsp3) is 0.500. The zero-order chi connectivity index (χ0) is 11.7. The molecule has 0 bridgehead atoms. The number of hydrogen-bond acceptors (Lipinski definition) is 3. The number of anilines is 1. The molecule has 0 aromatic carbocycles. The van der Waals surface area contributed by atoms with Crippen LogP contribution in [0.2, 0.25) is 0 Å². The Labute approximate surface area is 94.9 Å². The van der Waals surface area contributed by atoms with E-state index in [2.05, 4.69) is 11.9 Å². The fourth-order valence-corrected chi connectivity index (χ4v) is 1.96. The zero-order valence-electron chi connectivity index (χ0n) is 9.55. The molecule has 2 rings (SSSR count). The molecule has 0 saturated heterocycles. The van der Waals surface area contributed by atoms with Crippen LogP contribution in [0.15, 0.2) is 18.3 Å². The lowest BCUT2D eigenvalue weighted by atomic mass is 10.2. The SMILES string of the molecule is CC1CC1CN(C)c1ncccc1C(=O)O. The molecule has 1 aromatic heterocycles. The molecule has 1 aliphatic rings. The summed E-state index contributed by atoms with van der Waals surface area (Å²) in [6, 6.07) is 3.25. The first-order chi connectivity index (χ1) is 7.59. The van der Waals surface area contributed by atoms with Crippen molar-refractivity contribution in [1.82, 2.24) is 4.98 Å². The molecule has 4 heteroatoms. The number of carboxylic acid groups (broad SMARTS) is 1. The van der Waals surface area contributed by atoms with E-state index in [0.29, 0.717) is 11.7 Å². The molecule has 1 N–H and O–H groups in total. The van der Waals surface area contributed by atoms with Crippen molar-refractivity contribution in [2.24, 2.45) is 11.8 Å². The predicted octanol–water partition coefficient (Wildman–Crippen LogP) is 1.87. The summed E-state index contributed by atoms with van der Waals surface area (Å²) in [5, 5.41) is 9.05. The Morgan fingerprint density at radius 1 is 1.69 bits per heavy atom. The van der Waals surface area contributed by atoms with Crippen LogP contribution >= 0.6 is 0 Å². The smallest absolute Gasteiger partial charge is 0.339 e. The Hall–Kier alpha value is -1.58. The predicted molar refractivity (Wildman–Crippen MR) is 61.7 cm³/mol. The second-order valence-electron chi connectivity index (χ2n) is 4.53. The van der Waals surface area contributed by atoms with Crippen molar-refractivity contribution in [1.29, 1.82) is 0 Å². The molecule has 0 aliphatic heterocycles. The van der Waals surface area contributed by atoms with E-state index < -0.39 is 5.97 Å². The van der Waals surface area contributed by atoms with Gasteiger partial charge in [-0.25, -0.2) is 9.78 Å². The molecule has 2 unspecified atom stereocenters. The molecular weight excluding hydrogens is 204 g/mol. The van der Waals surface area contributed by atoms with Crippen molar-refractivity contribution >= 4 is 11.8 Å². The van der Waals surface area contributed by atoms with E-state index in [0.717, 1.165) is 12.5 Å². The van der Waals surface area contributed by atoms with E-state index >= 15 is 0 Å². The molecule has 0 radical (unpaired) electrons. The third-order valence-electron chi connectivity index (χ3n) is 3.16. The first-order valence-corrected chi connectivity index (χ1v) is 5.49. The van der Waals surface area contributed by atoms with Gasteiger partial charge in [-0.15, -0.1) is 0 Å². The maximum atomic E-state index is 11.0. The van der Waals surface area contributed by atoms with Gasteiger partial charge in [-0.3, -0.25) is 0 Å². The normalized spacial score (nSPS) is 22.9. The zero-order valence-corrected chi connectivity index (χ0v) is 9.55. The van der Waals surface area contributed by atoms with E-state index in [1.165, 1.54) is 6.42 Å². The number of aromatic carboxylic acids is 1. The summed E-state index contributed by atoms with van der Waals surface area (Å²) in [5.41, 5.74) is 0.276. The first kappa shape index (κ1) is 10.9. The second-order valence-corrected chi connectivity index (χ2v) is 4.53. The van der Waals surface area contributed by atoms with Crippen molar-refractivity contribution in [3.8, 4) is 0 Å². The Morgan fingerprint density at radius 3 is 2.94 bits per heavy atom. The van der Waals surface area contributed by atoms with Crippen molar-refractivity contribution in [2.75, 3.05) is 18.5 Å². The van der Waals surface area contributed by atoms with Crippen LogP contribution in [0, 0.1) is 11.8 Å². The van der Waals surface area contributed by atoms with Gasteiger partial charge in [0.2, 0.25) is 0 Å². The molecule has 1 aromatic rings. The highest BCUT2D eigenvalue weighted by Crippen LogP contribution is 2.38. The van der Waals surface area contributed by atoms with Crippen LogP contribution in [0.4, 0.5) is 5.82 Å². The van der Waals surface area contributed by atoms with Crippen LogP contribution in [0.5, 0.6) is 0 Å². The van der Waals surface area contributed by atoms with E-state index in [1.807, 2.05) is 11.9 Å². The van der Waals surface area contributed by atoms with Crippen molar-refractivity contribution in [3.63, 3.8) is 0 Å². The van der Waals surface area contributed by atoms with Gasteiger partial charge in [-0.1, -0.05) is 6.92 Å². The number of carboxylic acids is 1. The second kappa shape index (κ2) is 4.12. The number of aromatic nitrogens is 1. The van der Waals surface area contributed by atoms with Gasteiger partial charge in [0.25, 0.3) is 0 Å². The summed E-state index contributed by atoms with van der Waals surface area (Å²) >= 11 is 0. The van der Waals surface area contributed by atoms with Crippen LogP contribution in [0.1, 0.15) is 23.7 Å². The van der Waals surface area contributed by atoms with Gasteiger partial charge < -0.3 is 10.0 Å². The summed E-state index contributed by atoms with van der Waals surface area (Å²) in [5.74, 6) is 1.10. The third-order valence-corrected chi connectivity index (χ3v) is 3.16. The first-order valence-electron chi connectivity index (χ1n) is 5.49. The topological polar surface area (TPSA) is 53.4 Å². The molecule has 4 nitrogen and oxygen atoms in total. The quantitative estimate of drug-likeness (QED) is 0.841. The average Bonchev–Trinajstić information content (AvgIpc) is 2.94. The fourth-order valence-electron chi connectivity index (χ4n) is 1.96. The lowest BCUT2D eigenvalue weighted by molar-refractivity contribution is 0.0697. The minimum atomic E-state index is -0.918. The molecule has 86 valence electrons. The van der Waals surface area contributed by atoms with Gasteiger partial charge >= 0.3 is 5.97 Å². The lowest BCUT2D eigenvalue weighted by Gasteiger charge is -2.19. The Kier molecular flexibility index (Phi) is 2.81. The van der Waals surface area contributed by atoms with Crippen LogP contribution in [-0.4, -0.2) is 29.7 Å². The van der Waals surface area contributed by atoms with E-state index in [-0.39, 0.29) is 5.56 Å². The third kappa shape index (κ3) is 2.15. The highest BCUT2D eigenvalue weighted by Gasteiger charge is 2.34. The number of carbonyl (C=O) groups is 1. The maximum absolute atomic E-state index is 11.0. The molecule has 2 atom stereocenters. The van der Waals surface area contributed by atoms with Crippen molar-refractivity contribution in [3.05, 3.63) is 23.9 Å². The van der Waals surface area contributed by atoms with E-state index in [4.69, 9.17) is 5.11 Å². The van der Waals surface area contributed by atoms with Gasteiger partial charge in [-0.05, 0) is 30.4 Å². The van der Waals surface area contributed by atoms with Crippen molar-refractivity contribution in [2.45, 2.75) is 13.3 Å². The number of rotatable bonds is 4.